The lowest BCUT2D eigenvalue weighted by atomic mass is 10.1. The molecule has 0 spiro atoms. The average Bonchev–Trinajstić information content (AvgIpc) is 3.41. The van der Waals surface area contributed by atoms with Gasteiger partial charge in [-0.25, -0.2) is 4.98 Å². The molecule has 1 saturated heterocycles. The third-order valence-corrected chi connectivity index (χ3v) is 6.68. The van der Waals surface area contributed by atoms with Gasteiger partial charge in [0.05, 0.1) is 35.9 Å². The third kappa shape index (κ3) is 4.50. The van der Waals surface area contributed by atoms with Crippen molar-refractivity contribution in [2.24, 2.45) is 0 Å². The molecule has 30 heavy (non-hydrogen) atoms. The van der Waals surface area contributed by atoms with E-state index in [-0.39, 0.29) is 12.0 Å². The first-order chi connectivity index (χ1) is 14.5. The highest BCUT2D eigenvalue weighted by molar-refractivity contribution is 7.22. The fourth-order valence-corrected chi connectivity index (χ4v) is 4.92. The number of ether oxygens (including phenoxy) is 2. The monoisotopic (exact) mass is 424 g/mol. The van der Waals surface area contributed by atoms with Gasteiger partial charge in [0, 0.05) is 6.61 Å². The van der Waals surface area contributed by atoms with Gasteiger partial charge in [-0.1, -0.05) is 35.6 Å². The van der Waals surface area contributed by atoms with Gasteiger partial charge in [0.25, 0.3) is 0 Å². The molecule has 1 atom stereocenters. The summed E-state index contributed by atoms with van der Waals surface area (Å²) in [6.07, 6.45) is 2.43. The normalized spacial score (nSPS) is 16.2. The van der Waals surface area contributed by atoms with Gasteiger partial charge in [-0.05, 0) is 62.4 Å². The summed E-state index contributed by atoms with van der Waals surface area (Å²) >= 11 is 1.60. The van der Waals surface area contributed by atoms with Gasteiger partial charge in [-0.2, -0.15) is 0 Å². The molecule has 0 saturated carbocycles. The molecule has 0 N–H and O–H groups in total. The molecule has 1 fully saturated rings. The van der Waals surface area contributed by atoms with Crippen LogP contribution >= 0.6 is 11.3 Å². The molecule has 0 bridgehead atoms. The fourth-order valence-electron chi connectivity index (χ4n) is 3.78. The first-order valence-corrected chi connectivity index (χ1v) is 11.4. The summed E-state index contributed by atoms with van der Waals surface area (Å²) in [6.45, 7) is 8.07. The van der Waals surface area contributed by atoms with Gasteiger partial charge in [-0.15, -0.1) is 0 Å². The van der Waals surface area contributed by atoms with Crippen LogP contribution in [-0.2, 0) is 16.0 Å². The number of hydrogen-bond acceptors (Lipinski definition) is 5. The van der Waals surface area contributed by atoms with Crippen molar-refractivity contribution in [1.82, 2.24) is 4.98 Å². The van der Waals surface area contributed by atoms with Crippen LogP contribution in [-0.4, -0.2) is 36.8 Å². The van der Waals surface area contributed by atoms with Gasteiger partial charge < -0.3 is 9.47 Å². The molecule has 0 radical (unpaired) electrons. The number of fused-ring (bicyclic) bond motifs is 1. The van der Waals surface area contributed by atoms with Crippen molar-refractivity contribution < 1.29 is 14.3 Å². The lowest BCUT2D eigenvalue weighted by molar-refractivity contribution is -0.118. The first-order valence-electron chi connectivity index (χ1n) is 10.6. The van der Waals surface area contributed by atoms with Gasteiger partial charge in [-0.3, -0.25) is 9.69 Å². The summed E-state index contributed by atoms with van der Waals surface area (Å²) in [6, 6.07) is 12.0. The van der Waals surface area contributed by atoms with Crippen LogP contribution in [0.15, 0.2) is 36.4 Å². The Labute approximate surface area is 181 Å². The van der Waals surface area contributed by atoms with E-state index >= 15 is 0 Å². The van der Waals surface area contributed by atoms with Crippen LogP contribution in [0, 0.1) is 13.8 Å². The largest absolute Gasteiger partial charge is 0.494 e. The topological polar surface area (TPSA) is 51.7 Å². The predicted octanol–water partition coefficient (Wildman–Crippen LogP) is 5.07. The Hall–Kier alpha value is -2.44. The number of aryl methyl sites for hydroxylation is 2. The number of thiazole rings is 1. The molecule has 1 amide bonds. The molecular formula is C24H28N2O3S. The Bertz CT molecular complexity index is 984. The zero-order chi connectivity index (χ0) is 21.1. The molecule has 3 aromatic rings. The standard InChI is InChI=1S/C24H28N2O3S/c1-4-28-19-11-9-18(10-12-19)14-21(27)26(15-20-6-5-13-29-20)24-25-22-16(2)7-8-17(3)23(22)30-24/h7-12,20H,4-6,13-15H2,1-3H3/t20-/m1/s1. The molecule has 0 aliphatic carbocycles. The summed E-state index contributed by atoms with van der Waals surface area (Å²) in [7, 11) is 0. The maximum atomic E-state index is 13.4. The number of nitrogens with zero attached hydrogens (tertiary/aromatic N) is 2. The smallest absolute Gasteiger partial charge is 0.233 e. The van der Waals surface area contributed by atoms with E-state index in [0.717, 1.165) is 51.7 Å². The van der Waals surface area contributed by atoms with Crippen molar-refractivity contribution in [3.8, 4) is 5.75 Å². The number of rotatable bonds is 7. The van der Waals surface area contributed by atoms with Crippen molar-refractivity contribution in [3.05, 3.63) is 53.1 Å². The number of carbonyl (C=O) groups is 1. The highest BCUT2D eigenvalue weighted by Gasteiger charge is 2.26. The molecule has 1 aromatic heterocycles. The van der Waals surface area contributed by atoms with E-state index in [2.05, 4.69) is 26.0 Å². The maximum Gasteiger partial charge on any atom is 0.233 e. The Kier molecular flexibility index (Phi) is 6.35. The quantitative estimate of drug-likeness (QED) is 0.532. The van der Waals surface area contributed by atoms with E-state index in [1.54, 1.807) is 11.3 Å². The van der Waals surface area contributed by atoms with E-state index < -0.39 is 0 Å². The average molecular weight is 425 g/mol. The second-order valence-corrected chi connectivity index (χ2v) is 8.74. The summed E-state index contributed by atoms with van der Waals surface area (Å²) in [4.78, 5) is 20.1. The number of amides is 1. The molecule has 6 heteroatoms. The summed E-state index contributed by atoms with van der Waals surface area (Å²) < 4.78 is 12.5. The van der Waals surface area contributed by atoms with Crippen LogP contribution in [0.5, 0.6) is 5.75 Å². The number of hydrogen-bond donors (Lipinski definition) is 0. The molecule has 2 heterocycles. The summed E-state index contributed by atoms with van der Waals surface area (Å²) in [5, 5.41) is 0.758. The van der Waals surface area contributed by atoms with Crippen molar-refractivity contribution in [1.29, 1.82) is 0 Å². The molecule has 1 aliphatic heterocycles. The second kappa shape index (κ2) is 9.14. The SMILES string of the molecule is CCOc1ccc(CC(=O)N(C[C@H]2CCCO2)c2nc3c(C)ccc(C)c3s2)cc1. The number of aromatic nitrogens is 1. The Morgan fingerprint density at radius 3 is 2.63 bits per heavy atom. The molecule has 5 nitrogen and oxygen atoms in total. The number of benzene rings is 2. The molecule has 1 aliphatic rings. The van der Waals surface area contributed by atoms with E-state index in [4.69, 9.17) is 14.5 Å². The Morgan fingerprint density at radius 2 is 1.97 bits per heavy atom. The van der Waals surface area contributed by atoms with Crippen LogP contribution in [0.1, 0.15) is 36.5 Å². The van der Waals surface area contributed by atoms with Gasteiger partial charge in [0.15, 0.2) is 5.13 Å². The lowest BCUT2D eigenvalue weighted by Crippen LogP contribution is -2.38. The second-order valence-electron chi connectivity index (χ2n) is 7.77. The van der Waals surface area contributed by atoms with E-state index in [0.29, 0.717) is 19.6 Å². The molecule has 2 aromatic carbocycles. The molecule has 158 valence electrons. The predicted molar refractivity (Wildman–Crippen MR) is 122 cm³/mol. The minimum Gasteiger partial charge on any atom is -0.494 e. The highest BCUT2D eigenvalue weighted by atomic mass is 32.1. The third-order valence-electron chi connectivity index (χ3n) is 5.46. The number of carbonyl (C=O) groups excluding carboxylic acids is 1. The van der Waals surface area contributed by atoms with E-state index in [9.17, 15) is 4.79 Å². The fraction of sp³-hybridized carbons (Fsp3) is 0.417. The van der Waals surface area contributed by atoms with Crippen LogP contribution in [0.3, 0.4) is 0 Å². The van der Waals surface area contributed by atoms with Crippen LogP contribution < -0.4 is 9.64 Å². The summed E-state index contributed by atoms with van der Waals surface area (Å²) in [5.74, 6) is 0.867. The Morgan fingerprint density at radius 1 is 1.20 bits per heavy atom. The number of anilines is 1. The molecule has 4 rings (SSSR count). The van der Waals surface area contributed by atoms with Crippen molar-refractivity contribution in [2.45, 2.75) is 46.1 Å². The van der Waals surface area contributed by atoms with Crippen molar-refractivity contribution in [3.63, 3.8) is 0 Å². The van der Waals surface area contributed by atoms with Gasteiger partial charge in [0.1, 0.15) is 5.75 Å². The lowest BCUT2D eigenvalue weighted by Gasteiger charge is -2.23. The summed E-state index contributed by atoms with van der Waals surface area (Å²) in [5.41, 5.74) is 4.28. The molecule has 0 unspecified atom stereocenters. The minimum atomic E-state index is 0.0454. The zero-order valence-electron chi connectivity index (χ0n) is 17.8. The molecular weight excluding hydrogens is 396 g/mol. The Balaban J connectivity index is 1.61. The van der Waals surface area contributed by atoms with Crippen LogP contribution in [0.25, 0.3) is 10.2 Å². The maximum absolute atomic E-state index is 13.4. The van der Waals surface area contributed by atoms with Gasteiger partial charge in [0.2, 0.25) is 5.91 Å². The van der Waals surface area contributed by atoms with Crippen molar-refractivity contribution in [2.75, 3.05) is 24.7 Å². The highest BCUT2D eigenvalue weighted by Crippen LogP contribution is 2.34. The minimum absolute atomic E-state index is 0.0454. The van der Waals surface area contributed by atoms with Crippen molar-refractivity contribution >= 4 is 32.6 Å². The van der Waals surface area contributed by atoms with E-state index in [1.165, 1.54) is 5.56 Å². The zero-order valence-corrected chi connectivity index (χ0v) is 18.6. The van der Waals surface area contributed by atoms with E-state index in [1.807, 2.05) is 36.1 Å². The first kappa shape index (κ1) is 20.8. The van der Waals surface area contributed by atoms with Crippen LogP contribution in [0.2, 0.25) is 0 Å². The van der Waals surface area contributed by atoms with Gasteiger partial charge >= 0.3 is 0 Å². The van der Waals surface area contributed by atoms with Crippen LogP contribution in [0.4, 0.5) is 5.13 Å².